The zero-order valence-corrected chi connectivity index (χ0v) is 18.0. The van der Waals surface area contributed by atoms with Crippen LogP contribution in [0, 0.1) is 0 Å². The van der Waals surface area contributed by atoms with E-state index in [1.165, 1.54) is 17.0 Å². The molecule has 0 heterocycles. The van der Waals surface area contributed by atoms with E-state index < -0.39 is 15.6 Å². The number of nitrogens with zero attached hydrogens (tertiary/aromatic N) is 1. The summed E-state index contributed by atoms with van der Waals surface area (Å²) in [6.45, 7) is 5.89. The molecule has 0 aliphatic rings. The minimum Gasteiger partial charge on any atom is -0.492 e. The van der Waals surface area contributed by atoms with E-state index >= 15 is 0 Å². The molecule has 2 rings (SSSR count). The second kappa shape index (κ2) is 8.94. The third-order valence-corrected chi connectivity index (χ3v) is 5.66. The molecular formula is C20H25ClN2O4S. The van der Waals surface area contributed by atoms with Crippen molar-refractivity contribution in [3.05, 3.63) is 59.1 Å². The molecule has 6 nitrogen and oxygen atoms in total. The first kappa shape index (κ1) is 22.2. The molecule has 0 spiro atoms. The van der Waals surface area contributed by atoms with Gasteiger partial charge in [0.05, 0.1) is 11.4 Å². The highest BCUT2D eigenvalue weighted by Gasteiger charge is 2.23. The summed E-state index contributed by atoms with van der Waals surface area (Å²) in [6, 6.07) is 13.0. The Bertz CT molecular complexity index is 939. The first-order valence-corrected chi connectivity index (χ1v) is 10.6. The smallest absolute Gasteiger partial charge is 0.253 e. The van der Waals surface area contributed by atoms with E-state index in [4.69, 9.17) is 16.3 Å². The van der Waals surface area contributed by atoms with E-state index in [0.29, 0.717) is 22.9 Å². The summed E-state index contributed by atoms with van der Waals surface area (Å²) in [5.74, 6) is 0.331. The molecule has 152 valence electrons. The quantitative estimate of drug-likeness (QED) is 0.737. The minimum atomic E-state index is -3.71. The molecule has 1 N–H and O–H groups in total. The van der Waals surface area contributed by atoms with Gasteiger partial charge in [0.25, 0.3) is 5.91 Å². The number of carbonyl (C=O) groups is 1. The third-order valence-electron chi connectivity index (χ3n) is 3.67. The van der Waals surface area contributed by atoms with Gasteiger partial charge in [-0.25, -0.2) is 13.1 Å². The lowest BCUT2D eigenvalue weighted by Gasteiger charge is -2.21. The molecule has 1 amide bonds. The minimum absolute atomic E-state index is 0.0526. The van der Waals surface area contributed by atoms with Crippen molar-refractivity contribution >= 4 is 27.5 Å². The third kappa shape index (κ3) is 6.51. The number of carbonyl (C=O) groups excluding carboxylic acids is 1. The zero-order valence-electron chi connectivity index (χ0n) is 16.4. The van der Waals surface area contributed by atoms with Crippen molar-refractivity contribution in [1.82, 2.24) is 9.62 Å². The van der Waals surface area contributed by atoms with Crippen LogP contribution >= 0.6 is 11.6 Å². The normalized spacial score (nSPS) is 11.9. The number of amides is 1. The van der Waals surface area contributed by atoms with Gasteiger partial charge in [-0.3, -0.25) is 4.79 Å². The molecule has 28 heavy (non-hydrogen) atoms. The average Bonchev–Trinajstić information content (AvgIpc) is 2.59. The highest BCUT2D eigenvalue weighted by Crippen LogP contribution is 2.18. The maximum absolute atomic E-state index is 12.6. The van der Waals surface area contributed by atoms with Crippen LogP contribution in [0.2, 0.25) is 5.02 Å². The molecule has 2 aromatic rings. The van der Waals surface area contributed by atoms with Crippen LogP contribution < -0.4 is 9.46 Å². The Hall–Kier alpha value is -2.09. The molecule has 0 fully saturated rings. The topological polar surface area (TPSA) is 75.7 Å². The predicted molar refractivity (Wildman–Crippen MR) is 110 cm³/mol. The van der Waals surface area contributed by atoms with Gasteiger partial charge in [0.1, 0.15) is 12.4 Å². The van der Waals surface area contributed by atoms with E-state index in [2.05, 4.69) is 4.72 Å². The van der Waals surface area contributed by atoms with Gasteiger partial charge >= 0.3 is 0 Å². The summed E-state index contributed by atoms with van der Waals surface area (Å²) in [5, 5.41) is 0.573. The lowest BCUT2D eigenvalue weighted by Crippen LogP contribution is -2.40. The number of halogens is 1. The van der Waals surface area contributed by atoms with Crippen molar-refractivity contribution in [2.45, 2.75) is 31.2 Å². The fraction of sp³-hybridized carbons (Fsp3) is 0.350. The van der Waals surface area contributed by atoms with E-state index in [0.717, 1.165) is 0 Å². The van der Waals surface area contributed by atoms with Crippen LogP contribution in [0.25, 0.3) is 0 Å². The molecule has 0 aliphatic carbocycles. The molecular weight excluding hydrogens is 400 g/mol. The van der Waals surface area contributed by atoms with Gasteiger partial charge in [-0.05, 0) is 57.2 Å². The standard InChI is InChI=1S/C20H25ClN2O4S/c1-20(2,3)22-28(25,26)18-10-5-7-15(13-18)19(24)23(4)11-12-27-17-9-6-8-16(21)14-17/h5-10,13-14,22H,11-12H2,1-4H3. The molecule has 0 saturated carbocycles. The highest BCUT2D eigenvalue weighted by atomic mass is 35.5. The van der Waals surface area contributed by atoms with Crippen LogP contribution in [0.1, 0.15) is 31.1 Å². The summed E-state index contributed by atoms with van der Waals surface area (Å²) >= 11 is 5.91. The molecule has 0 saturated heterocycles. The van der Waals surface area contributed by atoms with Gasteiger partial charge in [-0.15, -0.1) is 0 Å². The maximum atomic E-state index is 12.6. The van der Waals surface area contributed by atoms with Crippen LogP contribution in [-0.4, -0.2) is 45.0 Å². The molecule has 0 bridgehead atoms. The number of hydrogen-bond donors (Lipinski definition) is 1. The Labute approximate surface area is 171 Å². The van der Waals surface area contributed by atoms with Crippen molar-refractivity contribution in [1.29, 1.82) is 0 Å². The van der Waals surface area contributed by atoms with Gasteiger partial charge in [0, 0.05) is 23.2 Å². The molecule has 0 radical (unpaired) electrons. The van der Waals surface area contributed by atoms with Crippen molar-refractivity contribution in [2.75, 3.05) is 20.2 Å². The van der Waals surface area contributed by atoms with Gasteiger partial charge in [-0.1, -0.05) is 23.7 Å². The number of benzene rings is 2. The Morgan fingerprint density at radius 2 is 1.82 bits per heavy atom. The summed E-state index contributed by atoms with van der Waals surface area (Å²) in [7, 11) is -2.08. The number of nitrogens with one attached hydrogen (secondary N) is 1. The fourth-order valence-electron chi connectivity index (χ4n) is 2.44. The largest absolute Gasteiger partial charge is 0.492 e. The Balaban J connectivity index is 2.03. The van der Waals surface area contributed by atoms with Crippen LogP contribution in [0.3, 0.4) is 0 Å². The molecule has 2 aromatic carbocycles. The zero-order chi connectivity index (χ0) is 20.9. The lowest BCUT2D eigenvalue weighted by molar-refractivity contribution is 0.0773. The van der Waals surface area contributed by atoms with Crippen molar-refractivity contribution in [2.24, 2.45) is 0 Å². The SMILES string of the molecule is CN(CCOc1cccc(Cl)c1)C(=O)c1cccc(S(=O)(=O)NC(C)(C)C)c1. The number of hydrogen-bond acceptors (Lipinski definition) is 4. The average molecular weight is 425 g/mol. The Morgan fingerprint density at radius 1 is 1.14 bits per heavy atom. The fourth-order valence-corrected chi connectivity index (χ4v) is 4.08. The maximum Gasteiger partial charge on any atom is 0.253 e. The van der Waals surface area contributed by atoms with Gasteiger partial charge in [-0.2, -0.15) is 0 Å². The van der Waals surface area contributed by atoms with E-state index in [9.17, 15) is 13.2 Å². The van der Waals surface area contributed by atoms with E-state index in [-0.39, 0.29) is 17.4 Å². The van der Waals surface area contributed by atoms with Crippen molar-refractivity contribution < 1.29 is 17.9 Å². The van der Waals surface area contributed by atoms with Crippen LogP contribution in [0.5, 0.6) is 5.75 Å². The first-order chi connectivity index (χ1) is 13.0. The molecule has 8 heteroatoms. The number of likely N-dealkylation sites (N-methyl/N-ethyl adjacent to an activating group) is 1. The second-order valence-electron chi connectivity index (χ2n) is 7.42. The van der Waals surface area contributed by atoms with Gasteiger partial charge < -0.3 is 9.64 Å². The Kier molecular flexibility index (Phi) is 7.09. The van der Waals surface area contributed by atoms with Crippen LogP contribution in [-0.2, 0) is 10.0 Å². The number of rotatable bonds is 7. The summed E-state index contributed by atoms with van der Waals surface area (Å²) in [5.41, 5.74) is -0.324. The monoisotopic (exact) mass is 424 g/mol. The van der Waals surface area contributed by atoms with Gasteiger partial charge in [0.2, 0.25) is 10.0 Å². The molecule has 0 atom stereocenters. The summed E-state index contributed by atoms with van der Waals surface area (Å²) < 4.78 is 33.1. The first-order valence-electron chi connectivity index (χ1n) is 8.76. The van der Waals surface area contributed by atoms with Crippen LogP contribution in [0.4, 0.5) is 0 Å². The highest BCUT2D eigenvalue weighted by molar-refractivity contribution is 7.89. The number of sulfonamides is 1. The number of ether oxygens (including phenoxy) is 1. The van der Waals surface area contributed by atoms with E-state index in [1.807, 2.05) is 0 Å². The van der Waals surface area contributed by atoms with Crippen molar-refractivity contribution in [3.8, 4) is 5.75 Å². The van der Waals surface area contributed by atoms with Crippen LogP contribution in [0.15, 0.2) is 53.4 Å². The molecule has 0 aliphatic heterocycles. The second-order valence-corrected chi connectivity index (χ2v) is 9.53. The summed E-state index contributed by atoms with van der Waals surface area (Å²) in [4.78, 5) is 14.2. The van der Waals surface area contributed by atoms with Crippen molar-refractivity contribution in [3.63, 3.8) is 0 Å². The molecule has 0 aromatic heterocycles. The van der Waals surface area contributed by atoms with E-state index in [1.54, 1.807) is 64.2 Å². The summed E-state index contributed by atoms with van der Waals surface area (Å²) in [6.07, 6.45) is 0. The molecule has 0 unspecified atom stereocenters. The Morgan fingerprint density at radius 3 is 2.46 bits per heavy atom. The lowest BCUT2D eigenvalue weighted by atomic mass is 10.1. The van der Waals surface area contributed by atoms with Gasteiger partial charge in [0.15, 0.2) is 0 Å². The predicted octanol–water partition coefficient (Wildman–Crippen LogP) is 3.57.